The first-order valence-electron chi connectivity index (χ1n) is 11.1. The molecule has 3 aromatic rings. The van der Waals surface area contributed by atoms with Gasteiger partial charge in [-0.3, -0.25) is 14.5 Å². The molecule has 1 saturated heterocycles. The van der Waals surface area contributed by atoms with Crippen molar-refractivity contribution < 1.29 is 19.1 Å². The second-order valence-corrected chi connectivity index (χ2v) is 8.69. The van der Waals surface area contributed by atoms with Crippen molar-refractivity contribution in [3.63, 3.8) is 0 Å². The van der Waals surface area contributed by atoms with E-state index in [1.807, 2.05) is 24.3 Å². The molecule has 0 aliphatic carbocycles. The maximum absolute atomic E-state index is 13.2. The highest BCUT2D eigenvalue weighted by Gasteiger charge is 2.33. The van der Waals surface area contributed by atoms with Gasteiger partial charge in [0, 0.05) is 40.7 Å². The highest BCUT2D eigenvalue weighted by Crippen LogP contribution is 2.36. The van der Waals surface area contributed by atoms with Crippen molar-refractivity contribution in [1.82, 2.24) is 4.90 Å². The summed E-state index contributed by atoms with van der Waals surface area (Å²) in [6, 6.07) is 16.0. The molecule has 2 amide bonds. The zero-order chi connectivity index (χ0) is 22.9. The van der Waals surface area contributed by atoms with Gasteiger partial charge in [0.2, 0.25) is 0 Å². The number of piperidine rings is 1. The van der Waals surface area contributed by atoms with Gasteiger partial charge in [-0.25, -0.2) is 4.79 Å². The zero-order valence-corrected chi connectivity index (χ0v) is 18.8. The molecule has 2 heterocycles. The molecule has 33 heavy (non-hydrogen) atoms. The molecule has 168 valence electrons. The van der Waals surface area contributed by atoms with E-state index >= 15 is 0 Å². The Labute approximate surface area is 196 Å². The largest absolute Gasteiger partial charge is 0.460 e. The molecule has 6 nitrogen and oxygen atoms in total. The molecule has 0 saturated carbocycles. The van der Waals surface area contributed by atoms with Gasteiger partial charge in [0.1, 0.15) is 6.61 Å². The van der Waals surface area contributed by atoms with Gasteiger partial charge in [-0.05, 0) is 49.6 Å². The number of benzene rings is 3. The van der Waals surface area contributed by atoms with Gasteiger partial charge >= 0.3 is 5.97 Å². The van der Waals surface area contributed by atoms with Gasteiger partial charge in [0.05, 0.1) is 17.1 Å². The number of ether oxygens (including phenoxy) is 1. The summed E-state index contributed by atoms with van der Waals surface area (Å²) in [5.41, 5.74) is 2.31. The predicted molar refractivity (Wildman–Crippen MR) is 127 cm³/mol. The average Bonchev–Trinajstić information content (AvgIpc) is 2.85. The van der Waals surface area contributed by atoms with Crippen molar-refractivity contribution in [2.45, 2.75) is 19.3 Å². The maximum Gasteiger partial charge on any atom is 0.339 e. The molecule has 0 aromatic heterocycles. The number of imide groups is 1. The number of halogens is 1. The van der Waals surface area contributed by atoms with E-state index in [0.29, 0.717) is 16.5 Å². The molecule has 0 N–H and O–H groups in total. The molecule has 3 aromatic carbocycles. The number of hydrogen-bond donors (Lipinski definition) is 0. The van der Waals surface area contributed by atoms with Crippen molar-refractivity contribution in [3.05, 3.63) is 76.3 Å². The molecule has 0 radical (unpaired) electrons. The third kappa shape index (κ3) is 3.85. The van der Waals surface area contributed by atoms with Crippen LogP contribution in [0, 0.1) is 0 Å². The van der Waals surface area contributed by atoms with Crippen LogP contribution in [0.5, 0.6) is 0 Å². The quantitative estimate of drug-likeness (QED) is 0.397. The Morgan fingerprint density at radius 2 is 1.61 bits per heavy atom. The minimum atomic E-state index is -0.591. The number of carbonyl (C=O) groups excluding carboxylic acids is 3. The molecule has 0 atom stereocenters. The third-order valence-corrected chi connectivity index (χ3v) is 6.64. The van der Waals surface area contributed by atoms with Gasteiger partial charge in [-0.15, -0.1) is 0 Å². The Kier molecular flexibility index (Phi) is 5.77. The van der Waals surface area contributed by atoms with E-state index in [1.54, 1.807) is 30.3 Å². The SMILES string of the molecule is O=C(OCCN1C(=O)c2cccc3c(N4CCCCC4)ccc(c23)C1=O)c1ccccc1Cl. The molecular weight excluding hydrogens is 440 g/mol. The van der Waals surface area contributed by atoms with E-state index in [-0.39, 0.29) is 35.6 Å². The summed E-state index contributed by atoms with van der Waals surface area (Å²) in [6.45, 7) is 1.81. The van der Waals surface area contributed by atoms with E-state index in [2.05, 4.69) is 4.90 Å². The average molecular weight is 463 g/mol. The molecule has 7 heteroatoms. The number of esters is 1. The molecule has 0 bridgehead atoms. The number of hydrogen-bond acceptors (Lipinski definition) is 5. The fourth-order valence-corrected chi connectivity index (χ4v) is 4.89. The first kappa shape index (κ1) is 21.5. The fourth-order valence-electron chi connectivity index (χ4n) is 4.68. The summed E-state index contributed by atoms with van der Waals surface area (Å²) in [6.07, 6.45) is 3.51. The van der Waals surface area contributed by atoms with Crippen molar-refractivity contribution in [2.24, 2.45) is 0 Å². The van der Waals surface area contributed by atoms with E-state index in [9.17, 15) is 14.4 Å². The van der Waals surface area contributed by atoms with Crippen LogP contribution in [-0.2, 0) is 4.74 Å². The van der Waals surface area contributed by atoms with Gasteiger partial charge in [0.25, 0.3) is 11.8 Å². The summed E-state index contributed by atoms with van der Waals surface area (Å²) in [5.74, 6) is -1.34. The monoisotopic (exact) mass is 462 g/mol. The van der Waals surface area contributed by atoms with Crippen LogP contribution in [0.1, 0.15) is 50.3 Å². The summed E-state index contributed by atoms with van der Waals surface area (Å²) >= 11 is 6.04. The van der Waals surface area contributed by atoms with E-state index in [1.165, 1.54) is 6.42 Å². The predicted octanol–water partition coefficient (Wildman–Crippen LogP) is 4.94. The molecule has 5 rings (SSSR count). The standard InChI is InChI=1S/C26H23ClN2O4/c27-21-10-3-2-7-17(21)26(32)33-16-15-29-24(30)19-9-6-8-18-22(28-13-4-1-5-14-28)12-11-20(23(18)19)25(29)31/h2-3,6-12H,1,4-5,13-16H2. The van der Waals surface area contributed by atoms with Crippen molar-refractivity contribution in [2.75, 3.05) is 31.1 Å². The first-order chi connectivity index (χ1) is 16.1. The van der Waals surface area contributed by atoms with Crippen LogP contribution in [0.25, 0.3) is 10.8 Å². The number of nitrogens with zero attached hydrogens (tertiary/aromatic N) is 2. The lowest BCUT2D eigenvalue weighted by Gasteiger charge is -2.32. The van der Waals surface area contributed by atoms with Crippen molar-refractivity contribution in [3.8, 4) is 0 Å². The summed E-state index contributed by atoms with van der Waals surface area (Å²) in [4.78, 5) is 42.3. The van der Waals surface area contributed by atoms with Crippen molar-refractivity contribution >= 4 is 45.8 Å². The Morgan fingerprint density at radius 1 is 0.879 bits per heavy atom. The van der Waals surface area contributed by atoms with E-state index in [0.717, 1.165) is 41.9 Å². The lowest BCUT2D eigenvalue weighted by atomic mass is 9.92. The number of rotatable bonds is 5. The highest BCUT2D eigenvalue weighted by molar-refractivity contribution is 6.33. The molecule has 2 aliphatic heterocycles. The summed E-state index contributed by atoms with van der Waals surface area (Å²) < 4.78 is 5.29. The summed E-state index contributed by atoms with van der Waals surface area (Å²) in [7, 11) is 0. The smallest absolute Gasteiger partial charge is 0.339 e. The normalized spacial score (nSPS) is 15.8. The molecule has 1 fully saturated rings. The first-order valence-corrected chi connectivity index (χ1v) is 11.5. The van der Waals surface area contributed by atoms with Gasteiger partial charge < -0.3 is 9.64 Å². The zero-order valence-electron chi connectivity index (χ0n) is 18.1. The molecule has 0 unspecified atom stereocenters. The van der Waals surface area contributed by atoms with Crippen molar-refractivity contribution in [1.29, 1.82) is 0 Å². The van der Waals surface area contributed by atoms with Crippen LogP contribution in [0.3, 0.4) is 0 Å². The van der Waals surface area contributed by atoms with Gasteiger partial charge in [-0.1, -0.05) is 35.9 Å². The van der Waals surface area contributed by atoms with E-state index < -0.39 is 5.97 Å². The number of anilines is 1. The van der Waals surface area contributed by atoms with Crippen LogP contribution in [-0.4, -0.2) is 48.9 Å². The van der Waals surface area contributed by atoms with Gasteiger partial charge in [0.15, 0.2) is 0 Å². The molecule has 2 aliphatic rings. The lowest BCUT2D eigenvalue weighted by Crippen LogP contribution is -2.42. The highest BCUT2D eigenvalue weighted by atomic mass is 35.5. The Hall–Kier alpha value is -3.38. The summed E-state index contributed by atoms with van der Waals surface area (Å²) in [5, 5.41) is 1.93. The van der Waals surface area contributed by atoms with Crippen LogP contribution < -0.4 is 4.90 Å². The molecule has 0 spiro atoms. The number of carbonyl (C=O) groups is 3. The van der Waals surface area contributed by atoms with E-state index in [4.69, 9.17) is 16.3 Å². The minimum Gasteiger partial charge on any atom is -0.460 e. The Morgan fingerprint density at radius 3 is 2.36 bits per heavy atom. The topological polar surface area (TPSA) is 66.9 Å². The third-order valence-electron chi connectivity index (χ3n) is 6.31. The maximum atomic E-state index is 13.2. The lowest BCUT2D eigenvalue weighted by molar-refractivity contribution is 0.0405. The van der Waals surface area contributed by atoms with Crippen LogP contribution in [0.2, 0.25) is 5.02 Å². The van der Waals surface area contributed by atoms with Crippen LogP contribution in [0.15, 0.2) is 54.6 Å². The molecular formula is C26H23ClN2O4. The Bertz CT molecular complexity index is 1240. The van der Waals surface area contributed by atoms with Crippen LogP contribution in [0.4, 0.5) is 5.69 Å². The second kappa shape index (κ2) is 8.87. The second-order valence-electron chi connectivity index (χ2n) is 8.29. The Balaban J connectivity index is 1.38. The fraction of sp³-hybridized carbons (Fsp3) is 0.269. The number of amides is 2. The van der Waals surface area contributed by atoms with Crippen LogP contribution >= 0.6 is 11.6 Å². The van der Waals surface area contributed by atoms with Gasteiger partial charge in [-0.2, -0.15) is 0 Å². The minimum absolute atomic E-state index is 0.0302.